The summed E-state index contributed by atoms with van der Waals surface area (Å²) in [7, 11) is 0. The van der Waals surface area contributed by atoms with Crippen molar-refractivity contribution in [3.8, 4) is 0 Å². The standard InChI is InChI=1S/C15H32N4/c1-12(2)10-13(19-8-6-7-9-19)11-17-14(16)18-15(3,4)5/h12-13H,6-11H2,1-5H3,(H3,16,17,18). The summed E-state index contributed by atoms with van der Waals surface area (Å²) in [5.41, 5.74) is 5.94. The van der Waals surface area contributed by atoms with Crippen molar-refractivity contribution >= 4 is 5.96 Å². The first-order chi connectivity index (χ1) is 8.78. The van der Waals surface area contributed by atoms with Crippen molar-refractivity contribution in [1.29, 1.82) is 0 Å². The van der Waals surface area contributed by atoms with Gasteiger partial charge in [-0.15, -0.1) is 0 Å². The lowest BCUT2D eigenvalue weighted by atomic mass is 10.0. The Morgan fingerprint density at radius 2 is 1.84 bits per heavy atom. The Balaban J connectivity index is 2.54. The molecule has 1 rings (SSSR count). The molecule has 0 aromatic heterocycles. The van der Waals surface area contributed by atoms with Gasteiger partial charge >= 0.3 is 0 Å². The molecule has 19 heavy (non-hydrogen) atoms. The van der Waals surface area contributed by atoms with E-state index in [0.29, 0.717) is 17.9 Å². The highest BCUT2D eigenvalue weighted by molar-refractivity contribution is 5.78. The van der Waals surface area contributed by atoms with Gasteiger partial charge in [-0.2, -0.15) is 0 Å². The van der Waals surface area contributed by atoms with Crippen LogP contribution in [0.4, 0.5) is 0 Å². The molecule has 0 radical (unpaired) electrons. The second-order valence-corrected chi connectivity index (χ2v) is 7.13. The second kappa shape index (κ2) is 7.13. The normalized spacial score (nSPS) is 20.0. The third-order valence-electron chi connectivity index (χ3n) is 3.38. The first-order valence-electron chi connectivity index (χ1n) is 7.60. The van der Waals surface area contributed by atoms with E-state index in [9.17, 15) is 0 Å². The fourth-order valence-corrected chi connectivity index (χ4v) is 2.62. The van der Waals surface area contributed by atoms with Crippen LogP contribution in [0.15, 0.2) is 4.99 Å². The largest absolute Gasteiger partial charge is 0.370 e. The maximum atomic E-state index is 5.96. The molecule has 3 N–H and O–H groups in total. The Bertz CT molecular complexity index is 285. The average Bonchev–Trinajstić information content (AvgIpc) is 2.74. The van der Waals surface area contributed by atoms with Crippen LogP contribution < -0.4 is 11.1 Å². The molecule has 1 heterocycles. The Morgan fingerprint density at radius 1 is 1.26 bits per heavy atom. The fourth-order valence-electron chi connectivity index (χ4n) is 2.62. The molecule has 0 spiro atoms. The number of hydrogen-bond donors (Lipinski definition) is 2. The molecule has 1 aliphatic heterocycles. The lowest BCUT2D eigenvalue weighted by Crippen LogP contribution is -2.46. The number of likely N-dealkylation sites (tertiary alicyclic amines) is 1. The molecule has 0 bridgehead atoms. The maximum absolute atomic E-state index is 5.96. The van der Waals surface area contributed by atoms with Crippen LogP contribution in [0.3, 0.4) is 0 Å². The summed E-state index contributed by atoms with van der Waals surface area (Å²) in [4.78, 5) is 7.13. The lowest BCUT2D eigenvalue weighted by Gasteiger charge is -2.28. The Labute approximate surface area is 118 Å². The topological polar surface area (TPSA) is 53.6 Å². The number of hydrogen-bond acceptors (Lipinski definition) is 2. The Hall–Kier alpha value is -0.770. The number of guanidine groups is 1. The summed E-state index contributed by atoms with van der Waals surface area (Å²) in [6.07, 6.45) is 3.86. The summed E-state index contributed by atoms with van der Waals surface area (Å²) >= 11 is 0. The third-order valence-corrected chi connectivity index (χ3v) is 3.38. The molecule has 4 nitrogen and oxygen atoms in total. The highest BCUT2D eigenvalue weighted by atomic mass is 15.2. The monoisotopic (exact) mass is 268 g/mol. The highest BCUT2D eigenvalue weighted by Gasteiger charge is 2.22. The number of aliphatic imine (C=N–C) groups is 1. The number of nitrogens with zero attached hydrogens (tertiary/aromatic N) is 2. The number of nitrogens with one attached hydrogen (secondary N) is 1. The van der Waals surface area contributed by atoms with Crippen molar-refractivity contribution in [1.82, 2.24) is 10.2 Å². The molecule has 0 amide bonds. The van der Waals surface area contributed by atoms with Gasteiger partial charge in [0.15, 0.2) is 5.96 Å². The molecule has 0 aromatic carbocycles. The van der Waals surface area contributed by atoms with Crippen LogP contribution in [0.2, 0.25) is 0 Å². The van der Waals surface area contributed by atoms with Gasteiger partial charge in [-0.05, 0) is 59.0 Å². The molecule has 1 fully saturated rings. The molecule has 0 saturated carbocycles. The van der Waals surface area contributed by atoms with Gasteiger partial charge in [0.05, 0.1) is 6.54 Å². The van der Waals surface area contributed by atoms with E-state index in [-0.39, 0.29) is 5.54 Å². The summed E-state index contributed by atoms with van der Waals surface area (Å²) in [6, 6.07) is 0.544. The quantitative estimate of drug-likeness (QED) is 0.594. The van der Waals surface area contributed by atoms with Crippen molar-refractivity contribution in [2.45, 2.75) is 65.5 Å². The van der Waals surface area contributed by atoms with Crippen LogP contribution in [0.25, 0.3) is 0 Å². The highest BCUT2D eigenvalue weighted by Crippen LogP contribution is 2.18. The van der Waals surface area contributed by atoms with Gasteiger partial charge in [0.1, 0.15) is 0 Å². The van der Waals surface area contributed by atoms with Gasteiger partial charge in [0, 0.05) is 11.6 Å². The third kappa shape index (κ3) is 6.81. The molecule has 1 atom stereocenters. The minimum atomic E-state index is -0.0191. The fraction of sp³-hybridized carbons (Fsp3) is 0.933. The molecule has 1 saturated heterocycles. The van der Waals surface area contributed by atoms with E-state index in [1.165, 1.54) is 32.4 Å². The summed E-state index contributed by atoms with van der Waals surface area (Å²) in [6.45, 7) is 14.1. The van der Waals surface area contributed by atoms with Crippen LogP contribution >= 0.6 is 0 Å². The Morgan fingerprint density at radius 3 is 2.32 bits per heavy atom. The van der Waals surface area contributed by atoms with Gasteiger partial charge in [-0.1, -0.05) is 13.8 Å². The predicted molar refractivity (Wildman–Crippen MR) is 83.4 cm³/mol. The van der Waals surface area contributed by atoms with Crippen LogP contribution in [0.1, 0.15) is 53.9 Å². The van der Waals surface area contributed by atoms with Gasteiger partial charge < -0.3 is 11.1 Å². The van der Waals surface area contributed by atoms with E-state index in [4.69, 9.17) is 5.73 Å². The molecule has 0 aliphatic carbocycles. The van der Waals surface area contributed by atoms with Crippen LogP contribution in [-0.4, -0.2) is 42.1 Å². The van der Waals surface area contributed by atoms with Crippen LogP contribution in [-0.2, 0) is 0 Å². The zero-order valence-electron chi connectivity index (χ0n) is 13.4. The molecule has 112 valence electrons. The van der Waals surface area contributed by atoms with E-state index < -0.39 is 0 Å². The Kier molecular flexibility index (Phi) is 6.11. The summed E-state index contributed by atoms with van der Waals surface area (Å²) in [5.74, 6) is 1.28. The molecular weight excluding hydrogens is 236 g/mol. The van der Waals surface area contributed by atoms with E-state index >= 15 is 0 Å². The van der Waals surface area contributed by atoms with Crippen molar-refractivity contribution < 1.29 is 0 Å². The molecule has 1 aliphatic rings. The average molecular weight is 268 g/mol. The minimum Gasteiger partial charge on any atom is -0.370 e. The van der Waals surface area contributed by atoms with Gasteiger partial charge in [0.25, 0.3) is 0 Å². The molecule has 1 unspecified atom stereocenters. The van der Waals surface area contributed by atoms with E-state index in [1.54, 1.807) is 0 Å². The minimum absolute atomic E-state index is 0.0191. The smallest absolute Gasteiger partial charge is 0.189 e. The number of nitrogens with two attached hydrogens (primary N) is 1. The number of rotatable bonds is 5. The van der Waals surface area contributed by atoms with E-state index in [2.05, 4.69) is 49.8 Å². The van der Waals surface area contributed by atoms with Gasteiger partial charge in [-0.25, -0.2) is 0 Å². The van der Waals surface area contributed by atoms with E-state index in [1.807, 2.05) is 0 Å². The first kappa shape index (κ1) is 16.3. The molecule has 0 aromatic rings. The maximum Gasteiger partial charge on any atom is 0.189 e. The predicted octanol–water partition coefficient (Wildman–Crippen LogP) is 2.20. The van der Waals surface area contributed by atoms with Crippen LogP contribution in [0.5, 0.6) is 0 Å². The SMILES string of the molecule is CC(C)CC(CN=C(N)NC(C)(C)C)N1CCCC1. The van der Waals surface area contributed by atoms with E-state index in [0.717, 1.165) is 6.54 Å². The van der Waals surface area contributed by atoms with Gasteiger partial charge in [-0.3, -0.25) is 9.89 Å². The van der Waals surface area contributed by atoms with Crippen molar-refractivity contribution in [2.24, 2.45) is 16.6 Å². The van der Waals surface area contributed by atoms with Crippen molar-refractivity contribution in [2.75, 3.05) is 19.6 Å². The lowest BCUT2D eigenvalue weighted by molar-refractivity contribution is 0.218. The van der Waals surface area contributed by atoms with Crippen LogP contribution in [0, 0.1) is 5.92 Å². The second-order valence-electron chi connectivity index (χ2n) is 7.13. The zero-order chi connectivity index (χ0) is 14.5. The molecule has 4 heteroatoms. The summed E-state index contributed by atoms with van der Waals surface area (Å²) < 4.78 is 0. The first-order valence-corrected chi connectivity index (χ1v) is 7.60. The summed E-state index contributed by atoms with van der Waals surface area (Å²) in [5, 5.41) is 3.23. The van der Waals surface area contributed by atoms with Crippen molar-refractivity contribution in [3.63, 3.8) is 0 Å². The van der Waals surface area contributed by atoms with Gasteiger partial charge in [0.2, 0.25) is 0 Å². The zero-order valence-corrected chi connectivity index (χ0v) is 13.4. The molecular formula is C15H32N4. The van der Waals surface area contributed by atoms with Crippen molar-refractivity contribution in [3.05, 3.63) is 0 Å².